The molecule has 14 heavy (non-hydrogen) atoms. The molecule has 0 radical (unpaired) electrons. The maximum atomic E-state index is 8.63. The molecule has 0 aliphatic rings. The van der Waals surface area contributed by atoms with Crippen LogP contribution in [0.2, 0.25) is 0 Å². The van der Waals surface area contributed by atoms with E-state index in [1.165, 1.54) is 5.39 Å². The SMILES string of the molecule is [N-]=[N+]=C=O.c1ccc2ncccc2c1. The maximum Gasteiger partial charge on any atom is 0.557 e. The molecule has 0 fully saturated rings. The van der Waals surface area contributed by atoms with Crippen LogP contribution in [0.3, 0.4) is 0 Å². The van der Waals surface area contributed by atoms with Gasteiger partial charge in [0.15, 0.2) is 0 Å². The fourth-order valence-electron chi connectivity index (χ4n) is 1.02. The molecular formula is C10H7N3O. The minimum Gasteiger partial charge on any atom is -0.345 e. The molecule has 0 unspecified atom stereocenters. The number of rotatable bonds is 0. The van der Waals surface area contributed by atoms with Crippen molar-refractivity contribution in [1.82, 2.24) is 4.98 Å². The molecule has 0 spiro atoms. The standard InChI is InChI=1S/C9H7N.CN2O/c1-2-6-9-8(4-1)5-3-7-10-9;2-3-1-4/h1-7H;. The van der Waals surface area contributed by atoms with Crippen molar-refractivity contribution in [3.05, 3.63) is 48.1 Å². The molecule has 2 aromatic rings. The zero-order valence-corrected chi connectivity index (χ0v) is 7.29. The van der Waals surface area contributed by atoms with Crippen LogP contribution in [0.1, 0.15) is 0 Å². The summed E-state index contributed by atoms with van der Waals surface area (Å²) in [6.07, 6.45) is 2.67. The van der Waals surface area contributed by atoms with Gasteiger partial charge in [-0.25, -0.2) is 0 Å². The highest BCUT2D eigenvalue weighted by molar-refractivity contribution is 5.77. The van der Waals surface area contributed by atoms with Crippen molar-refractivity contribution in [3.63, 3.8) is 0 Å². The molecule has 1 aromatic carbocycles. The molecule has 0 N–H and O–H groups in total. The Bertz CT molecular complexity index is 410. The zero-order valence-electron chi connectivity index (χ0n) is 7.29. The summed E-state index contributed by atoms with van der Waals surface area (Å²) in [6, 6.07) is 12.1. The van der Waals surface area contributed by atoms with Crippen LogP contribution in [0, 0.1) is 0 Å². The largest absolute Gasteiger partial charge is 0.557 e. The fraction of sp³-hybridized carbons (Fsp3) is 0. The van der Waals surface area contributed by atoms with Crippen LogP contribution in [0.15, 0.2) is 42.6 Å². The van der Waals surface area contributed by atoms with Gasteiger partial charge in [-0.05, 0) is 12.1 Å². The molecule has 4 heteroatoms. The van der Waals surface area contributed by atoms with Gasteiger partial charge in [-0.15, -0.1) is 4.79 Å². The van der Waals surface area contributed by atoms with Crippen molar-refractivity contribution in [2.45, 2.75) is 0 Å². The lowest BCUT2D eigenvalue weighted by molar-refractivity contribution is -0.00453. The Labute approximate surface area is 80.4 Å². The van der Waals surface area contributed by atoms with Crippen LogP contribution in [0.4, 0.5) is 0 Å². The highest BCUT2D eigenvalue weighted by atomic mass is 16.1. The molecule has 0 saturated heterocycles. The van der Waals surface area contributed by atoms with Gasteiger partial charge in [0.05, 0.1) is 5.52 Å². The van der Waals surface area contributed by atoms with E-state index < -0.39 is 0 Å². The Hall–Kier alpha value is -2.28. The van der Waals surface area contributed by atoms with E-state index in [1.807, 2.05) is 35.3 Å². The number of pyridine rings is 1. The number of isocyanates is 1. The van der Waals surface area contributed by atoms with Gasteiger partial charge in [-0.3, -0.25) is 4.98 Å². The Morgan fingerprint density at radius 1 is 1.21 bits per heavy atom. The molecule has 0 aliphatic carbocycles. The Kier molecular flexibility index (Phi) is 3.77. The summed E-state index contributed by atoms with van der Waals surface area (Å²) >= 11 is 0. The number of hydrogen-bond donors (Lipinski definition) is 0. The summed E-state index contributed by atoms with van der Waals surface area (Å²) in [5.41, 5.74) is 8.14. The summed E-state index contributed by atoms with van der Waals surface area (Å²) in [6.45, 7) is 0. The van der Waals surface area contributed by atoms with Gasteiger partial charge in [-0.1, -0.05) is 29.1 Å². The van der Waals surface area contributed by atoms with Crippen LogP contribution in [-0.2, 0) is 4.79 Å². The van der Waals surface area contributed by atoms with E-state index in [-0.39, 0.29) is 0 Å². The van der Waals surface area contributed by atoms with Crippen molar-refractivity contribution >= 4 is 17.0 Å². The molecule has 2 rings (SSSR count). The molecule has 1 heterocycles. The van der Waals surface area contributed by atoms with E-state index in [0.717, 1.165) is 11.6 Å². The second-order valence-corrected chi connectivity index (χ2v) is 2.39. The van der Waals surface area contributed by atoms with Crippen LogP contribution in [0.25, 0.3) is 16.4 Å². The topological polar surface area (TPSA) is 66.4 Å². The summed E-state index contributed by atoms with van der Waals surface area (Å²) < 4.78 is 0. The lowest BCUT2D eigenvalue weighted by atomic mass is 10.2. The number of benzene rings is 1. The third kappa shape index (κ3) is 2.64. The number of hydrogen-bond acceptors (Lipinski definition) is 2. The number of para-hydroxylation sites is 1. The quantitative estimate of drug-likeness (QED) is 0.272. The summed E-state index contributed by atoms with van der Waals surface area (Å²) in [5.74, 6) is 0. The van der Waals surface area contributed by atoms with E-state index in [4.69, 9.17) is 10.3 Å². The van der Waals surface area contributed by atoms with Crippen molar-refractivity contribution in [3.8, 4) is 0 Å². The van der Waals surface area contributed by atoms with Gasteiger partial charge >= 0.3 is 6.08 Å². The van der Waals surface area contributed by atoms with Gasteiger partial charge in [0, 0.05) is 11.6 Å². The zero-order chi connectivity index (χ0) is 10.2. The maximum absolute atomic E-state index is 8.63. The molecular weight excluding hydrogens is 178 g/mol. The summed E-state index contributed by atoms with van der Waals surface area (Å²) in [4.78, 5) is 14.7. The molecule has 0 atom stereocenters. The normalized spacial score (nSPS) is 8.00. The number of nitrogens with zero attached hydrogens (tertiary/aromatic N) is 3. The first-order valence-electron chi connectivity index (χ1n) is 3.89. The Balaban J connectivity index is 0.000000213. The van der Waals surface area contributed by atoms with E-state index in [0.29, 0.717) is 0 Å². The van der Waals surface area contributed by atoms with Crippen molar-refractivity contribution in [2.75, 3.05) is 0 Å². The van der Waals surface area contributed by atoms with Gasteiger partial charge < -0.3 is 5.53 Å². The first kappa shape index (κ1) is 9.81. The van der Waals surface area contributed by atoms with E-state index in [1.54, 1.807) is 0 Å². The second-order valence-electron chi connectivity index (χ2n) is 2.39. The number of carbonyl (C=O) groups excluding carboxylic acids is 1. The molecule has 68 valence electrons. The van der Waals surface area contributed by atoms with E-state index in [9.17, 15) is 0 Å². The van der Waals surface area contributed by atoms with E-state index >= 15 is 0 Å². The predicted octanol–water partition coefficient (Wildman–Crippen LogP) is 1.79. The lowest BCUT2D eigenvalue weighted by Crippen LogP contribution is -1.73. The van der Waals surface area contributed by atoms with Gasteiger partial charge in [0.2, 0.25) is 0 Å². The van der Waals surface area contributed by atoms with Crippen LogP contribution < -0.4 is 0 Å². The van der Waals surface area contributed by atoms with Crippen molar-refractivity contribution < 1.29 is 9.58 Å². The van der Waals surface area contributed by atoms with Crippen LogP contribution in [0.5, 0.6) is 0 Å². The number of aromatic nitrogens is 1. The molecule has 4 nitrogen and oxygen atoms in total. The molecule has 0 aliphatic heterocycles. The highest BCUT2D eigenvalue weighted by Gasteiger charge is 1.86. The van der Waals surface area contributed by atoms with Gasteiger partial charge in [0.25, 0.3) is 0 Å². The molecule has 0 bridgehead atoms. The molecule has 0 saturated carbocycles. The summed E-state index contributed by atoms with van der Waals surface area (Å²) in [7, 11) is 0. The van der Waals surface area contributed by atoms with Crippen molar-refractivity contribution in [2.24, 2.45) is 0 Å². The average Bonchev–Trinajstić information content (AvgIpc) is 2.30. The highest BCUT2D eigenvalue weighted by Crippen LogP contribution is 2.07. The third-order valence-corrected chi connectivity index (χ3v) is 1.55. The third-order valence-electron chi connectivity index (χ3n) is 1.55. The average molecular weight is 185 g/mol. The minimum absolute atomic E-state index is 0.861. The second kappa shape index (κ2) is 5.38. The molecule has 1 aromatic heterocycles. The Morgan fingerprint density at radius 3 is 2.50 bits per heavy atom. The Morgan fingerprint density at radius 2 is 1.86 bits per heavy atom. The number of fused-ring (bicyclic) bond motifs is 1. The summed E-state index contributed by atoms with van der Waals surface area (Å²) in [5, 5.41) is 1.20. The van der Waals surface area contributed by atoms with Crippen molar-refractivity contribution in [1.29, 1.82) is 0 Å². The smallest absolute Gasteiger partial charge is 0.345 e. The van der Waals surface area contributed by atoms with Crippen LogP contribution in [-0.4, -0.2) is 15.9 Å². The minimum atomic E-state index is 0.861. The predicted molar refractivity (Wildman–Crippen MR) is 51.1 cm³/mol. The van der Waals surface area contributed by atoms with Gasteiger partial charge in [0.1, 0.15) is 0 Å². The monoisotopic (exact) mass is 185 g/mol. The van der Waals surface area contributed by atoms with E-state index in [2.05, 4.69) is 17.1 Å². The van der Waals surface area contributed by atoms with Crippen LogP contribution >= 0.6 is 0 Å². The first-order chi connectivity index (χ1) is 6.88. The lowest BCUT2D eigenvalue weighted by Gasteiger charge is -1.91. The first-order valence-corrected chi connectivity index (χ1v) is 3.89. The fourth-order valence-corrected chi connectivity index (χ4v) is 1.02. The van der Waals surface area contributed by atoms with Gasteiger partial charge in [-0.2, -0.15) is 0 Å². The molecule has 0 amide bonds.